The Bertz CT molecular complexity index is 420. The van der Waals surface area contributed by atoms with Gasteiger partial charge in [0, 0.05) is 19.1 Å². The Kier molecular flexibility index (Phi) is 4.87. The van der Waals surface area contributed by atoms with Crippen LogP contribution in [0.4, 0.5) is 14.4 Å². The lowest BCUT2D eigenvalue weighted by atomic mass is 10.0. The Morgan fingerprint density at radius 2 is 2.05 bits per heavy atom. The highest BCUT2D eigenvalue weighted by Crippen LogP contribution is 2.22. The second-order valence-electron chi connectivity index (χ2n) is 5.22. The molecule has 2 saturated heterocycles. The van der Waals surface area contributed by atoms with Gasteiger partial charge in [0.2, 0.25) is 0 Å². The summed E-state index contributed by atoms with van der Waals surface area (Å²) >= 11 is 0. The van der Waals surface area contributed by atoms with Gasteiger partial charge in [-0.3, -0.25) is 0 Å². The number of ether oxygens (including phenoxy) is 2. The number of rotatable bonds is 2. The van der Waals surface area contributed by atoms with E-state index in [4.69, 9.17) is 4.74 Å². The normalized spacial score (nSPS) is 23.0. The minimum absolute atomic E-state index is 0.0809. The van der Waals surface area contributed by atoms with Crippen LogP contribution >= 0.6 is 0 Å². The van der Waals surface area contributed by atoms with Gasteiger partial charge in [-0.1, -0.05) is 0 Å². The fourth-order valence-corrected chi connectivity index (χ4v) is 2.64. The zero-order valence-corrected chi connectivity index (χ0v) is 12.3. The van der Waals surface area contributed by atoms with E-state index >= 15 is 0 Å². The summed E-state index contributed by atoms with van der Waals surface area (Å²) in [6.07, 6.45) is 0.261. The Balaban J connectivity index is 1.79. The first-order valence-corrected chi connectivity index (χ1v) is 7.21. The van der Waals surface area contributed by atoms with Crippen LogP contribution in [0.25, 0.3) is 0 Å². The van der Waals surface area contributed by atoms with Crippen molar-refractivity contribution in [3.8, 4) is 0 Å². The molecule has 0 aromatic carbocycles. The topological polar surface area (TPSA) is 88.2 Å². The first-order valence-electron chi connectivity index (χ1n) is 7.21. The lowest BCUT2D eigenvalue weighted by Crippen LogP contribution is -2.50. The number of carbonyl (C=O) groups is 3. The van der Waals surface area contributed by atoms with Gasteiger partial charge in [-0.15, -0.1) is 0 Å². The number of urea groups is 1. The standard InChI is InChI=1S/C13H21N3O5/c1-3-20-12(18)14-11(17)15-6-4-10(5-7-15)16-8-9(2)21-13(16)19/h9-10H,3-8H2,1-2H3,(H,14,17,18). The average Bonchev–Trinajstić information content (AvgIpc) is 2.78. The van der Waals surface area contributed by atoms with Crippen molar-refractivity contribution in [2.45, 2.75) is 38.8 Å². The van der Waals surface area contributed by atoms with E-state index in [1.165, 1.54) is 0 Å². The molecule has 8 heteroatoms. The lowest BCUT2D eigenvalue weighted by molar-refractivity contribution is 0.116. The molecule has 2 heterocycles. The fraction of sp³-hybridized carbons (Fsp3) is 0.769. The minimum atomic E-state index is -0.735. The molecule has 2 fully saturated rings. The summed E-state index contributed by atoms with van der Waals surface area (Å²) in [6.45, 7) is 5.34. The monoisotopic (exact) mass is 299 g/mol. The van der Waals surface area contributed by atoms with Gasteiger partial charge in [0.15, 0.2) is 0 Å². The van der Waals surface area contributed by atoms with Crippen LogP contribution in [-0.4, -0.2) is 66.4 Å². The molecule has 0 spiro atoms. The summed E-state index contributed by atoms with van der Waals surface area (Å²) in [5.74, 6) is 0. The largest absolute Gasteiger partial charge is 0.450 e. The number of nitrogens with zero attached hydrogens (tertiary/aromatic N) is 2. The van der Waals surface area contributed by atoms with E-state index in [9.17, 15) is 14.4 Å². The molecule has 8 nitrogen and oxygen atoms in total. The smallest absolute Gasteiger partial charge is 0.415 e. The van der Waals surface area contributed by atoms with Crippen molar-refractivity contribution in [1.82, 2.24) is 15.1 Å². The number of nitrogens with one attached hydrogen (secondary N) is 1. The van der Waals surface area contributed by atoms with Crippen LogP contribution in [0, 0.1) is 0 Å². The molecular weight excluding hydrogens is 278 g/mol. The van der Waals surface area contributed by atoms with Gasteiger partial charge in [0.1, 0.15) is 6.10 Å². The number of imide groups is 1. The maximum atomic E-state index is 11.8. The van der Waals surface area contributed by atoms with Crippen LogP contribution in [0.1, 0.15) is 26.7 Å². The third-order valence-corrected chi connectivity index (χ3v) is 3.67. The minimum Gasteiger partial charge on any atom is -0.450 e. The predicted octanol–water partition coefficient (Wildman–Crippen LogP) is 1.16. The number of carbonyl (C=O) groups excluding carboxylic acids is 3. The van der Waals surface area contributed by atoms with Gasteiger partial charge < -0.3 is 19.3 Å². The van der Waals surface area contributed by atoms with Gasteiger partial charge in [0.05, 0.1) is 13.2 Å². The fourth-order valence-electron chi connectivity index (χ4n) is 2.64. The molecule has 0 aromatic rings. The molecule has 4 amide bonds. The maximum absolute atomic E-state index is 11.8. The van der Waals surface area contributed by atoms with Gasteiger partial charge in [-0.25, -0.2) is 19.7 Å². The van der Waals surface area contributed by atoms with E-state index in [1.807, 2.05) is 6.92 Å². The summed E-state index contributed by atoms with van der Waals surface area (Å²) in [5.41, 5.74) is 0. The van der Waals surface area contributed by atoms with E-state index in [-0.39, 0.29) is 24.8 Å². The summed E-state index contributed by atoms with van der Waals surface area (Å²) in [4.78, 5) is 38.0. The highest BCUT2D eigenvalue weighted by atomic mass is 16.6. The Labute approximate surface area is 123 Å². The van der Waals surface area contributed by atoms with Crippen molar-refractivity contribution in [3.63, 3.8) is 0 Å². The highest BCUT2D eigenvalue weighted by molar-refractivity contribution is 5.90. The summed E-state index contributed by atoms with van der Waals surface area (Å²) in [5, 5.41) is 2.17. The molecule has 2 aliphatic heterocycles. The summed E-state index contributed by atoms with van der Waals surface area (Å²) in [7, 11) is 0. The molecule has 0 aliphatic carbocycles. The zero-order chi connectivity index (χ0) is 15.4. The number of likely N-dealkylation sites (tertiary alicyclic amines) is 1. The van der Waals surface area contributed by atoms with Crippen LogP contribution in [-0.2, 0) is 9.47 Å². The van der Waals surface area contributed by atoms with Gasteiger partial charge in [-0.05, 0) is 26.7 Å². The Morgan fingerprint density at radius 3 is 2.57 bits per heavy atom. The average molecular weight is 299 g/mol. The number of alkyl carbamates (subject to hydrolysis) is 1. The summed E-state index contributed by atoms with van der Waals surface area (Å²) < 4.78 is 9.78. The second kappa shape index (κ2) is 6.64. The molecule has 2 rings (SSSR count). The highest BCUT2D eigenvalue weighted by Gasteiger charge is 2.36. The van der Waals surface area contributed by atoms with E-state index in [0.29, 0.717) is 32.5 Å². The molecule has 21 heavy (non-hydrogen) atoms. The van der Waals surface area contributed by atoms with Crippen molar-refractivity contribution in [1.29, 1.82) is 0 Å². The quantitative estimate of drug-likeness (QED) is 0.826. The SMILES string of the molecule is CCOC(=O)NC(=O)N1CCC(N2CC(C)OC2=O)CC1. The second-order valence-corrected chi connectivity index (χ2v) is 5.22. The molecule has 0 radical (unpaired) electrons. The molecule has 0 aromatic heterocycles. The molecule has 1 atom stereocenters. The number of hydrogen-bond donors (Lipinski definition) is 1. The molecular formula is C13H21N3O5. The van der Waals surface area contributed by atoms with Gasteiger partial charge in [-0.2, -0.15) is 0 Å². The molecule has 2 aliphatic rings. The molecule has 0 saturated carbocycles. The van der Waals surface area contributed by atoms with E-state index in [2.05, 4.69) is 10.1 Å². The molecule has 1 N–H and O–H groups in total. The van der Waals surface area contributed by atoms with Crippen molar-refractivity contribution in [3.05, 3.63) is 0 Å². The van der Waals surface area contributed by atoms with Crippen molar-refractivity contribution in [2.75, 3.05) is 26.2 Å². The Hall–Kier alpha value is -1.99. The number of piperidine rings is 1. The van der Waals surface area contributed by atoms with E-state index < -0.39 is 12.1 Å². The first-order chi connectivity index (χ1) is 10.0. The van der Waals surface area contributed by atoms with Gasteiger partial charge in [0.25, 0.3) is 0 Å². The zero-order valence-electron chi connectivity index (χ0n) is 12.3. The van der Waals surface area contributed by atoms with Crippen LogP contribution in [0.5, 0.6) is 0 Å². The molecule has 118 valence electrons. The van der Waals surface area contributed by atoms with E-state index in [1.54, 1.807) is 16.7 Å². The van der Waals surface area contributed by atoms with Crippen molar-refractivity contribution in [2.24, 2.45) is 0 Å². The van der Waals surface area contributed by atoms with Crippen LogP contribution in [0.15, 0.2) is 0 Å². The Morgan fingerprint density at radius 1 is 1.38 bits per heavy atom. The number of hydrogen-bond acceptors (Lipinski definition) is 5. The number of cyclic esters (lactones) is 1. The van der Waals surface area contributed by atoms with Gasteiger partial charge >= 0.3 is 18.2 Å². The molecule has 1 unspecified atom stereocenters. The van der Waals surface area contributed by atoms with Crippen LogP contribution in [0.3, 0.4) is 0 Å². The first kappa shape index (κ1) is 15.4. The van der Waals surface area contributed by atoms with Crippen LogP contribution < -0.4 is 5.32 Å². The lowest BCUT2D eigenvalue weighted by Gasteiger charge is -2.35. The maximum Gasteiger partial charge on any atom is 0.415 e. The third-order valence-electron chi connectivity index (χ3n) is 3.67. The summed E-state index contributed by atoms with van der Waals surface area (Å²) in [6, 6.07) is -0.363. The molecule has 0 bridgehead atoms. The van der Waals surface area contributed by atoms with E-state index in [0.717, 1.165) is 0 Å². The number of amides is 4. The van der Waals surface area contributed by atoms with Crippen molar-refractivity contribution < 1.29 is 23.9 Å². The van der Waals surface area contributed by atoms with Crippen LogP contribution in [0.2, 0.25) is 0 Å². The predicted molar refractivity (Wildman–Crippen MR) is 72.8 cm³/mol. The van der Waals surface area contributed by atoms with Crippen molar-refractivity contribution >= 4 is 18.2 Å². The third kappa shape index (κ3) is 3.77.